The summed E-state index contributed by atoms with van der Waals surface area (Å²) in [7, 11) is 1.95. The van der Waals surface area contributed by atoms with Gasteiger partial charge in [-0.15, -0.1) is 0 Å². The molecule has 20 heavy (non-hydrogen) atoms. The second-order valence-corrected chi connectivity index (χ2v) is 7.70. The first kappa shape index (κ1) is 17.0. The Morgan fingerprint density at radius 1 is 1.05 bits per heavy atom. The average Bonchev–Trinajstić information content (AvgIpc) is 2.26. The van der Waals surface area contributed by atoms with Crippen LogP contribution in [0.15, 0.2) is 18.2 Å². The normalized spacial score (nSPS) is 14.2. The lowest BCUT2D eigenvalue weighted by Crippen LogP contribution is -2.27. The first-order valence-corrected chi connectivity index (χ1v) is 7.52. The second-order valence-electron chi connectivity index (χ2n) is 7.70. The molecule has 0 heterocycles. The van der Waals surface area contributed by atoms with Crippen molar-refractivity contribution < 1.29 is 4.74 Å². The molecule has 1 rings (SSSR count). The number of nitrogens with one attached hydrogen (secondary N) is 1. The zero-order chi connectivity index (χ0) is 15.6. The van der Waals surface area contributed by atoms with Crippen LogP contribution in [0.3, 0.4) is 0 Å². The molecule has 1 N–H and O–H groups in total. The SMILES string of the molecule is CNCC(C)Oc1ccc(C(C)(C)C)cc1C(C)(C)C. The molecule has 1 aromatic carbocycles. The van der Waals surface area contributed by atoms with Crippen molar-refractivity contribution in [1.29, 1.82) is 0 Å². The highest BCUT2D eigenvalue weighted by atomic mass is 16.5. The lowest BCUT2D eigenvalue weighted by molar-refractivity contribution is 0.215. The van der Waals surface area contributed by atoms with E-state index in [1.54, 1.807) is 0 Å². The highest BCUT2D eigenvalue weighted by Gasteiger charge is 2.23. The van der Waals surface area contributed by atoms with E-state index in [4.69, 9.17) is 4.74 Å². The van der Waals surface area contributed by atoms with Crippen molar-refractivity contribution in [3.8, 4) is 5.75 Å². The first-order chi connectivity index (χ1) is 9.05. The molecule has 0 fully saturated rings. The molecule has 2 nitrogen and oxygen atoms in total. The van der Waals surface area contributed by atoms with Gasteiger partial charge in [-0.05, 0) is 42.0 Å². The smallest absolute Gasteiger partial charge is 0.123 e. The van der Waals surface area contributed by atoms with Crippen LogP contribution in [-0.2, 0) is 10.8 Å². The lowest BCUT2D eigenvalue weighted by Gasteiger charge is -2.28. The molecule has 0 aliphatic heterocycles. The van der Waals surface area contributed by atoms with Gasteiger partial charge >= 0.3 is 0 Å². The summed E-state index contributed by atoms with van der Waals surface area (Å²) in [6.07, 6.45) is 0.168. The van der Waals surface area contributed by atoms with E-state index in [0.717, 1.165) is 12.3 Å². The Balaban J connectivity index is 3.18. The van der Waals surface area contributed by atoms with Gasteiger partial charge in [0.25, 0.3) is 0 Å². The largest absolute Gasteiger partial charge is 0.489 e. The average molecular weight is 277 g/mol. The minimum atomic E-state index is 0.0793. The zero-order valence-electron chi connectivity index (χ0n) is 14.4. The fraction of sp³-hybridized carbons (Fsp3) is 0.667. The number of hydrogen-bond donors (Lipinski definition) is 1. The Morgan fingerprint density at radius 3 is 2.10 bits per heavy atom. The van der Waals surface area contributed by atoms with Gasteiger partial charge in [-0.25, -0.2) is 0 Å². The topological polar surface area (TPSA) is 21.3 Å². The van der Waals surface area contributed by atoms with E-state index in [1.807, 2.05) is 7.05 Å². The van der Waals surface area contributed by atoms with Crippen molar-refractivity contribution in [3.63, 3.8) is 0 Å². The molecule has 0 amide bonds. The minimum absolute atomic E-state index is 0.0793. The summed E-state index contributed by atoms with van der Waals surface area (Å²) in [4.78, 5) is 0. The van der Waals surface area contributed by atoms with Gasteiger partial charge in [0.2, 0.25) is 0 Å². The molecule has 2 heteroatoms. The molecule has 0 bridgehead atoms. The third-order valence-corrected chi connectivity index (χ3v) is 3.47. The van der Waals surface area contributed by atoms with E-state index in [9.17, 15) is 0 Å². The van der Waals surface area contributed by atoms with Crippen LogP contribution in [0.2, 0.25) is 0 Å². The first-order valence-electron chi connectivity index (χ1n) is 7.52. The van der Waals surface area contributed by atoms with E-state index in [1.165, 1.54) is 11.1 Å². The Labute approximate surface area is 124 Å². The summed E-state index contributed by atoms with van der Waals surface area (Å²) >= 11 is 0. The van der Waals surface area contributed by atoms with Crippen LogP contribution in [0.5, 0.6) is 5.75 Å². The molecule has 1 aromatic rings. The van der Waals surface area contributed by atoms with Crippen molar-refractivity contribution in [2.24, 2.45) is 0 Å². The molecule has 1 atom stereocenters. The fourth-order valence-electron chi connectivity index (χ4n) is 2.23. The summed E-state index contributed by atoms with van der Waals surface area (Å²) in [5.74, 6) is 1.01. The maximum Gasteiger partial charge on any atom is 0.123 e. The summed E-state index contributed by atoms with van der Waals surface area (Å²) in [5.41, 5.74) is 2.88. The predicted octanol–water partition coefficient (Wildman–Crippen LogP) is 4.27. The monoisotopic (exact) mass is 277 g/mol. The van der Waals surface area contributed by atoms with Crippen molar-refractivity contribution >= 4 is 0 Å². The van der Waals surface area contributed by atoms with Gasteiger partial charge in [0.1, 0.15) is 11.9 Å². The summed E-state index contributed by atoms with van der Waals surface area (Å²) in [6.45, 7) is 16.4. The van der Waals surface area contributed by atoms with E-state index < -0.39 is 0 Å². The summed E-state index contributed by atoms with van der Waals surface area (Å²) < 4.78 is 6.12. The molecular weight excluding hydrogens is 246 g/mol. The highest BCUT2D eigenvalue weighted by Crippen LogP contribution is 2.35. The standard InChI is InChI=1S/C18H31NO/c1-13(12-19-8)20-16-10-9-14(17(2,3)4)11-15(16)18(5,6)7/h9-11,13,19H,12H2,1-8H3. The third-order valence-electron chi connectivity index (χ3n) is 3.47. The van der Waals surface area contributed by atoms with Gasteiger partial charge in [-0.1, -0.05) is 53.7 Å². The molecule has 1 unspecified atom stereocenters. The number of ether oxygens (including phenoxy) is 1. The lowest BCUT2D eigenvalue weighted by atomic mass is 9.80. The minimum Gasteiger partial charge on any atom is -0.489 e. The van der Waals surface area contributed by atoms with Gasteiger partial charge in [-0.3, -0.25) is 0 Å². The van der Waals surface area contributed by atoms with Crippen LogP contribution < -0.4 is 10.1 Å². The van der Waals surface area contributed by atoms with Crippen LogP contribution in [0, 0.1) is 0 Å². The third kappa shape index (κ3) is 4.52. The summed E-state index contributed by atoms with van der Waals surface area (Å²) in [6, 6.07) is 6.63. The van der Waals surface area contributed by atoms with Crippen LogP contribution in [0.1, 0.15) is 59.6 Å². The summed E-state index contributed by atoms with van der Waals surface area (Å²) in [5, 5.41) is 3.16. The molecule has 0 saturated heterocycles. The molecule has 0 aliphatic rings. The maximum atomic E-state index is 6.12. The predicted molar refractivity (Wildman–Crippen MR) is 87.9 cm³/mol. The zero-order valence-corrected chi connectivity index (χ0v) is 14.4. The molecule has 0 saturated carbocycles. The van der Waals surface area contributed by atoms with Crippen LogP contribution in [0.25, 0.3) is 0 Å². The molecular formula is C18H31NO. The Morgan fingerprint density at radius 2 is 1.65 bits per heavy atom. The molecule has 0 aliphatic carbocycles. The van der Waals surface area contributed by atoms with E-state index >= 15 is 0 Å². The van der Waals surface area contributed by atoms with Gasteiger partial charge in [0.05, 0.1) is 0 Å². The van der Waals surface area contributed by atoms with Gasteiger partial charge < -0.3 is 10.1 Å². The van der Waals surface area contributed by atoms with E-state index in [2.05, 4.69) is 72.0 Å². The van der Waals surface area contributed by atoms with Crippen LogP contribution >= 0.6 is 0 Å². The number of benzene rings is 1. The van der Waals surface area contributed by atoms with Gasteiger partial charge in [0.15, 0.2) is 0 Å². The molecule has 0 aromatic heterocycles. The molecule has 0 radical (unpaired) electrons. The van der Waals surface area contributed by atoms with Crippen molar-refractivity contribution in [2.45, 2.75) is 65.4 Å². The van der Waals surface area contributed by atoms with Gasteiger partial charge in [-0.2, -0.15) is 0 Å². The second kappa shape index (κ2) is 6.17. The Bertz CT molecular complexity index is 438. The van der Waals surface area contributed by atoms with Crippen molar-refractivity contribution in [3.05, 3.63) is 29.3 Å². The van der Waals surface area contributed by atoms with Gasteiger partial charge in [0, 0.05) is 6.54 Å². The van der Waals surface area contributed by atoms with Crippen LogP contribution in [-0.4, -0.2) is 19.7 Å². The molecule has 0 spiro atoms. The quantitative estimate of drug-likeness (QED) is 0.887. The number of hydrogen-bond acceptors (Lipinski definition) is 2. The van der Waals surface area contributed by atoms with Crippen LogP contribution in [0.4, 0.5) is 0 Å². The Kier molecular flexibility index (Phi) is 5.26. The number of likely N-dealkylation sites (N-methyl/N-ethyl adjacent to an activating group) is 1. The van der Waals surface area contributed by atoms with E-state index in [0.29, 0.717) is 0 Å². The fourth-order valence-corrected chi connectivity index (χ4v) is 2.23. The Hall–Kier alpha value is -1.02. The van der Waals surface area contributed by atoms with Crippen molar-refractivity contribution in [2.75, 3.05) is 13.6 Å². The van der Waals surface area contributed by atoms with E-state index in [-0.39, 0.29) is 16.9 Å². The highest BCUT2D eigenvalue weighted by molar-refractivity contribution is 5.43. The number of rotatable bonds is 4. The molecule has 114 valence electrons. The maximum absolute atomic E-state index is 6.12. The van der Waals surface area contributed by atoms with Crippen molar-refractivity contribution in [1.82, 2.24) is 5.32 Å².